The van der Waals surface area contributed by atoms with E-state index in [2.05, 4.69) is 57.7 Å². The van der Waals surface area contributed by atoms with E-state index in [4.69, 9.17) is 15.6 Å². The molecule has 0 saturated heterocycles. The second kappa shape index (κ2) is 10.3. The number of carbonyl (C=O) groups is 2. The summed E-state index contributed by atoms with van der Waals surface area (Å²) >= 11 is 0. The first kappa shape index (κ1) is 22.5. The SMILES string of the molecule is N[C@@H](CCC(=O)OCc1cc[n+](CCCn2c3ccccc3c3ccccc32)cc1)C(=O)O. The Kier molecular flexibility index (Phi) is 7.00. The molecule has 4 rings (SSSR count). The smallest absolute Gasteiger partial charge is 0.320 e. The lowest BCUT2D eigenvalue weighted by molar-refractivity contribution is -0.697. The number of carboxylic acid groups (broad SMARTS) is 1. The fraction of sp³-hybridized carbons (Fsp3) is 0.269. The van der Waals surface area contributed by atoms with Crippen LogP contribution in [0.4, 0.5) is 0 Å². The number of fused-ring (bicyclic) bond motifs is 3. The third kappa shape index (κ3) is 5.38. The number of carboxylic acids is 1. The van der Waals surface area contributed by atoms with Crippen LogP contribution < -0.4 is 10.3 Å². The number of pyridine rings is 1. The van der Waals surface area contributed by atoms with Gasteiger partial charge in [0.25, 0.3) is 0 Å². The molecule has 0 aliphatic carbocycles. The molecule has 2 aromatic heterocycles. The van der Waals surface area contributed by atoms with Crippen molar-refractivity contribution in [2.75, 3.05) is 0 Å². The van der Waals surface area contributed by atoms with Crippen molar-refractivity contribution in [1.82, 2.24) is 4.57 Å². The molecule has 2 aromatic carbocycles. The number of hydrogen-bond donors (Lipinski definition) is 2. The maximum Gasteiger partial charge on any atom is 0.320 e. The molecule has 3 N–H and O–H groups in total. The van der Waals surface area contributed by atoms with Crippen LogP contribution in [0.15, 0.2) is 73.1 Å². The zero-order valence-electron chi connectivity index (χ0n) is 18.4. The van der Waals surface area contributed by atoms with Gasteiger partial charge in [-0.25, -0.2) is 4.57 Å². The van der Waals surface area contributed by atoms with Gasteiger partial charge in [-0.05, 0) is 18.6 Å². The molecule has 1 atom stereocenters. The highest BCUT2D eigenvalue weighted by molar-refractivity contribution is 6.07. The molecule has 170 valence electrons. The lowest BCUT2D eigenvalue weighted by Gasteiger charge is -2.07. The average Bonchev–Trinajstić information content (AvgIpc) is 3.16. The van der Waals surface area contributed by atoms with Gasteiger partial charge in [-0.1, -0.05) is 36.4 Å². The third-order valence-electron chi connectivity index (χ3n) is 5.81. The van der Waals surface area contributed by atoms with Crippen LogP contribution in [-0.2, 0) is 34.0 Å². The van der Waals surface area contributed by atoms with E-state index in [-0.39, 0.29) is 19.4 Å². The fourth-order valence-electron chi connectivity index (χ4n) is 4.02. The van der Waals surface area contributed by atoms with Crippen LogP contribution in [0.2, 0.25) is 0 Å². The fourth-order valence-corrected chi connectivity index (χ4v) is 4.02. The molecule has 0 aliphatic rings. The first-order valence-electron chi connectivity index (χ1n) is 11.1. The van der Waals surface area contributed by atoms with Crippen molar-refractivity contribution in [2.24, 2.45) is 5.73 Å². The Labute approximate surface area is 192 Å². The van der Waals surface area contributed by atoms with Crippen LogP contribution in [0.25, 0.3) is 21.8 Å². The molecule has 2 heterocycles. The minimum absolute atomic E-state index is 0.0109. The van der Waals surface area contributed by atoms with E-state index >= 15 is 0 Å². The standard InChI is InChI=1S/C26H27N3O4/c27-22(26(31)32)10-11-25(30)33-18-19-12-16-28(17-13-19)14-5-15-29-23-8-3-1-6-20(23)21-7-2-4-9-24(21)29/h1-4,6-9,12-13,16-17,22H,5,10-11,14-15,18,27H2/p+1/t22-/m0/s1. The van der Waals surface area contributed by atoms with Gasteiger partial charge in [0, 0.05) is 58.9 Å². The number of benzene rings is 2. The molecule has 0 spiro atoms. The van der Waals surface area contributed by atoms with Crippen molar-refractivity contribution >= 4 is 33.7 Å². The van der Waals surface area contributed by atoms with Gasteiger partial charge < -0.3 is 20.1 Å². The number of aryl methyl sites for hydroxylation is 2. The summed E-state index contributed by atoms with van der Waals surface area (Å²) < 4.78 is 9.71. The maximum absolute atomic E-state index is 11.8. The second-order valence-electron chi connectivity index (χ2n) is 8.13. The van der Waals surface area contributed by atoms with Crippen molar-refractivity contribution in [2.45, 2.75) is 45.0 Å². The zero-order chi connectivity index (χ0) is 23.2. The van der Waals surface area contributed by atoms with Crippen LogP contribution in [0, 0.1) is 0 Å². The summed E-state index contributed by atoms with van der Waals surface area (Å²) in [7, 11) is 0. The lowest BCUT2D eigenvalue weighted by atomic mass is 10.2. The van der Waals surface area contributed by atoms with Gasteiger partial charge >= 0.3 is 11.9 Å². The zero-order valence-corrected chi connectivity index (χ0v) is 18.4. The largest absolute Gasteiger partial charge is 0.480 e. The van der Waals surface area contributed by atoms with Crippen LogP contribution >= 0.6 is 0 Å². The number of ether oxygens (including phenoxy) is 1. The molecule has 0 bridgehead atoms. The normalized spacial score (nSPS) is 12.2. The highest BCUT2D eigenvalue weighted by Crippen LogP contribution is 2.28. The number of rotatable bonds is 10. The Balaban J connectivity index is 1.30. The van der Waals surface area contributed by atoms with Crippen LogP contribution in [0.3, 0.4) is 0 Å². The second-order valence-corrected chi connectivity index (χ2v) is 8.13. The van der Waals surface area contributed by atoms with E-state index in [1.807, 2.05) is 24.5 Å². The highest BCUT2D eigenvalue weighted by atomic mass is 16.5. The molecule has 0 unspecified atom stereocenters. The van der Waals surface area contributed by atoms with E-state index in [0.29, 0.717) is 0 Å². The molecule has 0 saturated carbocycles. The molecule has 0 radical (unpaired) electrons. The van der Waals surface area contributed by atoms with E-state index < -0.39 is 18.0 Å². The lowest BCUT2D eigenvalue weighted by Crippen LogP contribution is -2.33. The Morgan fingerprint density at radius 3 is 2.18 bits per heavy atom. The van der Waals surface area contributed by atoms with E-state index in [0.717, 1.165) is 25.1 Å². The van der Waals surface area contributed by atoms with Crippen molar-refractivity contribution in [1.29, 1.82) is 0 Å². The summed E-state index contributed by atoms with van der Waals surface area (Å²) in [6, 6.07) is 19.8. The monoisotopic (exact) mass is 446 g/mol. The number of hydrogen-bond acceptors (Lipinski definition) is 4. The first-order chi connectivity index (χ1) is 16.0. The summed E-state index contributed by atoms with van der Waals surface area (Å²) in [5, 5.41) is 11.3. The Hall–Kier alpha value is -3.71. The van der Waals surface area contributed by atoms with Gasteiger partial charge in [0.15, 0.2) is 12.4 Å². The summed E-state index contributed by atoms with van der Waals surface area (Å²) in [5.41, 5.74) is 8.79. The molecule has 4 aromatic rings. The highest BCUT2D eigenvalue weighted by Gasteiger charge is 2.14. The molecular formula is C26H28N3O4+. The van der Waals surface area contributed by atoms with Gasteiger partial charge in [0.1, 0.15) is 19.2 Å². The predicted molar refractivity (Wildman–Crippen MR) is 125 cm³/mol. The van der Waals surface area contributed by atoms with Gasteiger partial charge in [0.2, 0.25) is 0 Å². The summed E-state index contributed by atoms with van der Waals surface area (Å²) in [5.74, 6) is -1.57. The van der Waals surface area contributed by atoms with Crippen molar-refractivity contribution in [3.05, 3.63) is 78.6 Å². The van der Waals surface area contributed by atoms with Crippen molar-refractivity contribution < 1.29 is 24.0 Å². The molecule has 0 amide bonds. The van der Waals surface area contributed by atoms with Gasteiger partial charge in [0.05, 0.1) is 0 Å². The number of aromatic nitrogens is 2. The Morgan fingerprint density at radius 1 is 0.970 bits per heavy atom. The topological polar surface area (TPSA) is 98.4 Å². The number of nitrogens with zero attached hydrogens (tertiary/aromatic N) is 2. The molecule has 7 nitrogen and oxygen atoms in total. The van der Waals surface area contributed by atoms with Crippen molar-refractivity contribution in [3.63, 3.8) is 0 Å². The van der Waals surface area contributed by atoms with Crippen LogP contribution in [0.5, 0.6) is 0 Å². The van der Waals surface area contributed by atoms with E-state index in [1.54, 1.807) is 0 Å². The van der Waals surface area contributed by atoms with Crippen LogP contribution in [-0.4, -0.2) is 27.7 Å². The maximum atomic E-state index is 11.8. The number of aliphatic carboxylic acids is 1. The number of nitrogens with two attached hydrogens (primary N) is 1. The molecule has 0 fully saturated rings. The van der Waals surface area contributed by atoms with Gasteiger partial charge in [-0.15, -0.1) is 0 Å². The molecular weight excluding hydrogens is 418 g/mol. The minimum atomic E-state index is -1.12. The predicted octanol–water partition coefficient (Wildman–Crippen LogP) is 3.41. The van der Waals surface area contributed by atoms with Crippen molar-refractivity contribution in [3.8, 4) is 0 Å². The number of carbonyl (C=O) groups excluding carboxylic acids is 1. The van der Waals surface area contributed by atoms with E-state index in [9.17, 15) is 9.59 Å². The quantitative estimate of drug-likeness (QED) is 0.287. The molecule has 33 heavy (non-hydrogen) atoms. The summed E-state index contributed by atoms with van der Waals surface area (Å²) in [6.07, 6.45) is 4.99. The van der Waals surface area contributed by atoms with Crippen LogP contribution in [0.1, 0.15) is 24.8 Å². The molecule has 7 heteroatoms. The number of esters is 1. The van der Waals surface area contributed by atoms with Gasteiger partial charge in [-0.3, -0.25) is 9.59 Å². The Morgan fingerprint density at radius 2 is 1.58 bits per heavy atom. The number of para-hydroxylation sites is 2. The minimum Gasteiger partial charge on any atom is -0.480 e. The first-order valence-corrected chi connectivity index (χ1v) is 11.1. The summed E-state index contributed by atoms with van der Waals surface area (Å²) in [6.45, 7) is 1.94. The van der Waals surface area contributed by atoms with Gasteiger partial charge in [-0.2, -0.15) is 0 Å². The molecule has 0 aliphatic heterocycles. The summed E-state index contributed by atoms with van der Waals surface area (Å²) in [4.78, 5) is 22.5. The Bertz CT molecular complexity index is 1210. The third-order valence-corrected chi connectivity index (χ3v) is 5.81. The van der Waals surface area contributed by atoms with E-state index in [1.165, 1.54) is 21.8 Å². The average molecular weight is 447 g/mol.